The molecule has 0 unspecified atom stereocenters. The topological polar surface area (TPSA) is 63.6 Å². The summed E-state index contributed by atoms with van der Waals surface area (Å²) in [4.78, 5) is 23.1. The van der Waals surface area contributed by atoms with Gasteiger partial charge in [-0.05, 0) is 38.0 Å². The molecule has 0 fully saturated rings. The first-order valence-electron chi connectivity index (χ1n) is 6.92. The average Bonchev–Trinajstić information content (AvgIpc) is 2.63. The minimum Gasteiger partial charge on any atom is -0.487 e. The number of carboxylic acid groups (broad SMARTS) is 1. The smallest absolute Gasteiger partial charge is 0.307 e. The molecular formula is C16H20O4. The molecule has 0 aliphatic carbocycles. The Kier molecular flexibility index (Phi) is 3.84. The number of Topliss-reactive ketones (excluding diaryl/α,β-unsaturated/α-hetero) is 1. The summed E-state index contributed by atoms with van der Waals surface area (Å²) < 4.78 is 5.85. The lowest BCUT2D eigenvalue weighted by molar-refractivity contribution is -0.136. The quantitative estimate of drug-likeness (QED) is 0.840. The zero-order valence-electron chi connectivity index (χ0n) is 12.2. The molecule has 1 N–H and O–H groups in total. The first-order chi connectivity index (χ1) is 9.32. The molecule has 1 aliphatic rings. The van der Waals surface area contributed by atoms with Crippen LogP contribution in [-0.2, 0) is 17.6 Å². The number of hydrogen-bond acceptors (Lipinski definition) is 3. The van der Waals surface area contributed by atoms with Gasteiger partial charge >= 0.3 is 5.97 Å². The molecule has 4 nitrogen and oxygen atoms in total. The molecule has 1 aromatic carbocycles. The van der Waals surface area contributed by atoms with Crippen molar-refractivity contribution >= 4 is 11.8 Å². The van der Waals surface area contributed by atoms with Gasteiger partial charge in [0.1, 0.15) is 11.4 Å². The number of carbonyl (C=O) groups excluding carboxylic acids is 1. The molecule has 0 saturated heterocycles. The third kappa shape index (κ3) is 3.00. The Morgan fingerprint density at radius 2 is 2.05 bits per heavy atom. The molecule has 0 amide bonds. The van der Waals surface area contributed by atoms with Gasteiger partial charge in [-0.1, -0.05) is 6.92 Å². The molecule has 2 rings (SSSR count). The second-order valence-corrected chi connectivity index (χ2v) is 5.91. The van der Waals surface area contributed by atoms with Crippen LogP contribution in [0, 0.1) is 0 Å². The van der Waals surface area contributed by atoms with Gasteiger partial charge in [0.05, 0.1) is 6.42 Å². The Hall–Kier alpha value is -1.84. The zero-order chi connectivity index (χ0) is 14.9. The van der Waals surface area contributed by atoms with E-state index in [1.165, 1.54) is 0 Å². The van der Waals surface area contributed by atoms with Crippen LogP contribution >= 0.6 is 0 Å². The first-order valence-corrected chi connectivity index (χ1v) is 6.92. The maximum absolute atomic E-state index is 12.1. The van der Waals surface area contributed by atoms with Crippen molar-refractivity contribution in [3.63, 3.8) is 0 Å². The van der Waals surface area contributed by atoms with Crippen LogP contribution in [0.15, 0.2) is 12.1 Å². The van der Waals surface area contributed by atoms with Gasteiger partial charge in [-0.2, -0.15) is 0 Å². The zero-order valence-corrected chi connectivity index (χ0v) is 12.2. The van der Waals surface area contributed by atoms with E-state index in [4.69, 9.17) is 9.84 Å². The second-order valence-electron chi connectivity index (χ2n) is 5.91. The summed E-state index contributed by atoms with van der Waals surface area (Å²) in [6.45, 7) is 5.88. The van der Waals surface area contributed by atoms with Crippen LogP contribution in [0.5, 0.6) is 5.75 Å². The molecule has 0 aromatic heterocycles. The van der Waals surface area contributed by atoms with Crippen LogP contribution in [0.3, 0.4) is 0 Å². The second kappa shape index (κ2) is 5.27. The standard InChI is InChI=1S/C16H20O4/c1-4-5-13(17)10-6-11(8-14(18)19)15-12(7-10)9-16(2,3)20-15/h6-7H,4-5,8-9H2,1-3H3,(H,18,19). The van der Waals surface area contributed by atoms with E-state index in [2.05, 4.69) is 0 Å². The Labute approximate surface area is 118 Å². The minimum absolute atomic E-state index is 0.0617. The molecule has 0 radical (unpaired) electrons. The van der Waals surface area contributed by atoms with Crippen LogP contribution in [0.4, 0.5) is 0 Å². The SMILES string of the molecule is CCCC(=O)c1cc(CC(=O)O)c2c(c1)CC(C)(C)O2. The summed E-state index contributed by atoms with van der Waals surface area (Å²) in [6.07, 6.45) is 1.84. The summed E-state index contributed by atoms with van der Waals surface area (Å²) in [7, 11) is 0. The minimum atomic E-state index is -0.916. The Bertz CT molecular complexity index is 558. The summed E-state index contributed by atoms with van der Waals surface area (Å²) in [5, 5.41) is 9.02. The molecule has 1 aliphatic heterocycles. The van der Waals surface area contributed by atoms with Crippen molar-refractivity contribution in [1.82, 2.24) is 0 Å². The van der Waals surface area contributed by atoms with Gasteiger partial charge in [-0.3, -0.25) is 9.59 Å². The summed E-state index contributed by atoms with van der Waals surface area (Å²) in [5.74, 6) is -0.210. The molecule has 0 atom stereocenters. The largest absolute Gasteiger partial charge is 0.487 e. The molecule has 1 heterocycles. The molecular weight excluding hydrogens is 256 g/mol. The normalized spacial score (nSPS) is 15.6. The molecule has 0 spiro atoms. The van der Waals surface area contributed by atoms with Gasteiger partial charge in [0, 0.05) is 24.0 Å². The van der Waals surface area contributed by atoms with Gasteiger partial charge in [0.25, 0.3) is 0 Å². The van der Waals surface area contributed by atoms with Crippen LogP contribution in [0.2, 0.25) is 0 Å². The Balaban J connectivity index is 2.45. The van der Waals surface area contributed by atoms with Crippen LogP contribution in [0.1, 0.15) is 55.1 Å². The molecule has 4 heteroatoms. The monoisotopic (exact) mass is 276 g/mol. The lowest BCUT2D eigenvalue weighted by atomic mass is 9.95. The van der Waals surface area contributed by atoms with Gasteiger partial charge in [0.2, 0.25) is 0 Å². The highest BCUT2D eigenvalue weighted by Crippen LogP contribution is 2.39. The van der Waals surface area contributed by atoms with Crippen molar-refractivity contribution in [3.05, 3.63) is 28.8 Å². The summed E-state index contributed by atoms with van der Waals surface area (Å²) in [6, 6.07) is 3.53. The Morgan fingerprint density at radius 1 is 1.35 bits per heavy atom. The van der Waals surface area contributed by atoms with Crippen molar-refractivity contribution in [2.45, 2.75) is 52.1 Å². The highest BCUT2D eigenvalue weighted by molar-refractivity contribution is 5.97. The third-order valence-corrected chi connectivity index (χ3v) is 3.38. The van der Waals surface area contributed by atoms with E-state index in [0.717, 1.165) is 12.0 Å². The van der Waals surface area contributed by atoms with E-state index < -0.39 is 5.97 Å². The van der Waals surface area contributed by atoms with Gasteiger partial charge < -0.3 is 9.84 Å². The van der Waals surface area contributed by atoms with E-state index in [-0.39, 0.29) is 17.8 Å². The average molecular weight is 276 g/mol. The third-order valence-electron chi connectivity index (χ3n) is 3.38. The summed E-state index contributed by atoms with van der Waals surface area (Å²) in [5.41, 5.74) is 1.79. The van der Waals surface area contributed by atoms with Gasteiger partial charge in [-0.15, -0.1) is 0 Å². The number of benzene rings is 1. The van der Waals surface area contributed by atoms with E-state index >= 15 is 0 Å². The van der Waals surface area contributed by atoms with Crippen molar-refractivity contribution in [2.75, 3.05) is 0 Å². The number of ketones is 1. The molecule has 0 bridgehead atoms. The fraction of sp³-hybridized carbons (Fsp3) is 0.500. The lowest BCUT2D eigenvalue weighted by Gasteiger charge is -2.18. The van der Waals surface area contributed by atoms with Crippen molar-refractivity contribution in [3.8, 4) is 5.75 Å². The molecule has 1 aromatic rings. The van der Waals surface area contributed by atoms with Crippen molar-refractivity contribution < 1.29 is 19.4 Å². The number of fused-ring (bicyclic) bond motifs is 1. The number of carbonyl (C=O) groups is 2. The number of aliphatic carboxylic acids is 1. The van der Waals surface area contributed by atoms with E-state index in [0.29, 0.717) is 29.7 Å². The van der Waals surface area contributed by atoms with Crippen LogP contribution < -0.4 is 4.74 Å². The fourth-order valence-electron chi connectivity index (χ4n) is 2.61. The Morgan fingerprint density at radius 3 is 2.65 bits per heavy atom. The predicted molar refractivity (Wildman–Crippen MR) is 75.4 cm³/mol. The van der Waals surface area contributed by atoms with Crippen molar-refractivity contribution in [2.24, 2.45) is 0 Å². The number of ether oxygens (including phenoxy) is 1. The highest BCUT2D eigenvalue weighted by atomic mass is 16.5. The van der Waals surface area contributed by atoms with Crippen LogP contribution in [-0.4, -0.2) is 22.5 Å². The van der Waals surface area contributed by atoms with E-state index in [1.54, 1.807) is 6.07 Å². The maximum Gasteiger partial charge on any atom is 0.307 e. The van der Waals surface area contributed by atoms with E-state index in [9.17, 15) is 9.59 Å². The predicted octanol–water partition coefficient (Wildman–Crippen LogP) is 3.01. The first kappa shape index (κ1) is 14.6. The van der Waals surface area contributed by atoms with Crippen molar-refractivity contribution in [1.29, 1.82) is 0 Å². The molecule has 108 valence electrons. The number of hydrogen-bond donors (Lipinski definition) is 1. The highest BCUT2D eigenvalue weighted by Gasteiger charge is 2.33. The van der Waals surface area contributed by atoms with Gasteiger partial charge in [0.15, 0.2) is 5.78 Å². The van der Waals surface area contributed by atoms with Crippen LogP contribution in [0.25, 0.3) is 0 Å². The number of carboxylic acids is 1. The lowest BCUT2D eigenvalue weighted by Crippen LogP contribution is -2.25. The molecule has 0 saturated carbocycles. The summed E-state index contributed by atoms with van der Waals surface area (Å²) >= 11 is 0. The van der Waals surface area contributed by atoms with Gasteiger partial charge in [-0.25, -0.2) is 0 Å². The fourth-order valence-corrected chi connectivity index (χ4v) is 2.61. The maximum atomic E-state index is 12.1. The molecule has 20 heavy (non-hydrogen) atoms. The number of rotatable bonds is 5. The van der Waals surface area contributed by atoms with E-state index in [1.807, 2.05) is 26.8 Å².